The maximum Gasteiger partial charge on any atom is 0.276 e. The Morgan fingerprint density at radius 1 is 1.14 bits per heavy atom. The Hall–Kier alpha value is -1.66. The highest BCUT2D eigenvalue weighted by molar-refractivity contribution is 9.10. The minimum Gasteiger partial charge on any atom is -0.200 e. The van der Waals surface area contributed by atoms with Crippen LogP contribution >= 0.6 is 15.9 Å². The number of aryl methyl sites for hydroxylation is 1. The molecule has 0 amide bonds. The van der Waals surface area contributed by atoms with Crippen LogP contribution in [0.15, 0.2) is 63.0 Å². The van der Waals surface area contributed by atoms with Gasteiger partial charge in [0.1, 0.15) is 0 Å². The van der Waals surface area contributed by atoms with E-state index in [0.29, 0.717) is 5.71 Å². The summed E-state index contributed by atoms with van der Waals surface area (Å²) in [6.07, 6.45) is 0. The first-order valence-electron chi connectivity index (χ1n) is 6.28. The van der Waals surface area contributed by atoms with Crippen LogP contribution in [0.1, 0.15) is 18.1 Å². The van der Waals surface area contributed by atoms with Gasteiger partial charge < -0.3 is 0 Å². The number of hydrogen-bond acceptors (Lipinski definition) is 3. The SMILES string of the molecule is C/C(=N/NS(=O)(=O)c1ccccc1)c1ccc(Br)c(C)c1. The molecule has 0 bridgehead atoms. The molecular weight excluding hydrogens is 352 g/mol. The number of halogens is 1. The summed E-state index contributed by atoms with van der Waals surface area (Å²) >= 11 is 3.43. The summed E-state index contributed by atoms with van der Waals surface area (Å²) in [5.41, 5.74) is 2.53. The van der Waals surface area contributed by atoms with E-state index in [-0.39, 0.29) is 4.90 Å². The summed E-state index contributed by atoms with van der Waals surface area (Å²) < 4.78 is 25.1. The van der Waals surface area contributed by atoms with Crippen LogP contribution in [-0.4, -0.2) is 14.1 Å². The lowest BCUT2D eigenvalue weighted by Gasteiger charge is -2.06. The second-order valence-corrected chi connectivity index (χ2v) is 7.08. The van der Waals surface area contributed by atoms with E-state index < -0.39 is 10.0 Å². The molecule has 0 aliphatic rings. The van der Waals surface area contributed by atoms with Crippen molar-refractivity contribution in [2.45, 2.75) is 18.7 Å². The van der Waals surface area contributed by atoms with E-state index in [9.17, 15) is 8.42 Å². The van der Waals surface area contributed by atoms with Crippen LogP contribution < -0.4 is 4.83 Å². The fourth-order valence-electron chi connectivity index (χ4n) is 1.72. The van der Waals surface area contributed by atoms with Gasteiger partial charge in [0.2, 0.25) is 0 Å². The fraction of sp³-hybridized carbons (Fsp3) is 0.133. The predicted molar refractivity (Wildman–Crippen MR) is 87.9 cm³/mol. The minimum absolute atomic E-state index is 0.188. The van der Waals surface area contributed by atoms with Crippen LogP contribution in [0.4, 0.5) is 0 Å². The Labute approximate surface area is 133 Å². The summed E-state index contributed by atoms with van der Waals surface area (Å²) in [5.74, 6) is 0. The average Bonchev–Trinajstić information content (AvgIpc) is 2.48. The van der Waals surface area contributed by atoms with Gasteiger partial charge in [0, 0.05) is 4.47 Å². The predicted octanol–water partition coefficient (Wildman–Crippen LogP) is 3.46. The van der Waals surface area contributed by atoms with Gasteiger partial charge in [0.05, 0.1) is 10.6 Å². The third kappa shape index (κ3) is 3.92. The average molecular weight is 367 g/mol. The normalized spacial score (nSPS) is 12.2. The molecule has 0 spiro atoms. The zero-order chi connectivity index (χ0) is 15.5. The van der Waals surface area contributed by atoms with Crippen molar-refractivity contribution in [3.8, 4) is 0 Å². The highest BCUT2D eigenvalue weighted by atomic mass is 79.9. The molecule has 1 N–H and O–H groups in total. The van der Waals surface area contributed by atoms with E-state index >= 15 is 0 Å². The molecule has 0 aliphatic heterocycles. The molecule has 0 radical (unpaired) electrons. The summed E-state index contributed by atoms with van der Waals surface area (Å²) in [5, 5.41) is 3.98. The lowest BCUT2D eigenvalue weighted by molar-refractivity contribution is 0.584. The number of hydrogen-bond donors (Lipinski definition) is 1. The van der Waals surface area contributed by atoms with E-state index in [2.05, 4.69) is 25.9 Å². The van der Waals surface area contributed by atoms with Gasteiger partial charge in [-0.1, -0.05) is 40.2 Å². The molecule has 0 unspecified atom stereocenters. The van der Waals surface area contributed by atoms with Crippen molar-refractivity contribution in [1.29, 1.82) is 0 Å². The van der Waals surface area contributed by atoms with Gasteiger partial charge in [-0.05, 0) is 49.2 Å². The van der Waals surface area contributed by atoms with Gasteiger partial charge in [-0.3, -0.25) is 0 Å². The van der Waals surface area contributed by atoms with Gasteiger partial charge in [-0.25, -0.2) is 0 Å². The standard InChI is InChI=1S/C15H15BrN2O2S/c1-11-10-13(8-9-15(11)16)12(2)17-18-21(19,20)14-6-4-3-5-7-14/h3-10,18H,1-2H3/b17-12-. The Balaban J connectivity index is 2.22. The Kier molecular flexibility index (Phi) is 4.80. The van der Waals surface area contributed by atoms with Crippen molar-refractivity contribution >= 4 is 31.7 Å². The molecule has 6 heteroatoms. The second kappa shape index (κ2) is 6.41. The number of nitrogens with one attached hydrogen (secondary N) is 1. The first-order chi connectivity index (χ1) is 9.90. The number of benzene rings is 2. The first-order valence-corrected chi connectivity index (χ1v) is 8.55. The third-order valence-corrected chi connectivity index (χ3v) is 5.08. The van der Waals surface area contributed by atoms with Crippen LogP contribution in [-0.2, 0) is 10.0 Å². The Morgan fingerprint density at radius 2 is 1.81 bits per heavy atom. The van der Waals surface area contributed by atoms with Crippen LogP contribution in [0.2, 0.25) is 0 Å². The molecule has 0 atom stereocenters. The smallest absolute Gasteiger partial charge is 0.200 e. The largest absolute Gasteiger partial charge is 0.276 e. The Bertz CT molecular complexity index is 772. The molecule has 4 nitrogen and oxygen atoms in total. The monoisotopic (exact) mass is 366 g/mol. The molecule has 0 fully saturated rings. The molecular formula is C15H15BrN2O2S. The van der Waals surface area contributed by atoms with Gasteiger partial charge in [0.15, 0.2) is 0 Å². The summed E-state index contributed by atoms with van der Waals surface area (Å²) in [7, 11) is -3.63. The first kappa shape index (κ1) is 15.7. The number of hydrazone groups is 1. The molecule has 2 rings (SSSR count). The van der Waals surface area contributed by atoms with E-state index in [0.717, 1.165) is 15.6 Å². The molecule has 110 valence electrons. The number of nitrogens with zero attached hydrogens (tertiary/aromatic N) is 1. The molecule has 0 saturated heterocycles. The van der Waals surface area contributed by atoms with Crippen LogP contribution in [0.3, 0.4) is 0 Å². The van der Waals surface area contributed by atoms with Gasteiger partial charge >= 0.3 is 0 Å². The summed E-state index contributed by atoms with van der Waals surface area (Å²) in [6, 6.07) is 13.9. The maximum atomic E-state index is 12.1. The van der Waals surface area contributed by atoms with Gasteiger partial charge in [0.25, 0.3) is 10.0 Å². The number of rotatable bonds is 4. The molecule has 0 aliphatic carbocycles. The maximum absolute atomic E-state index is 12.1. The minimum atomic E-state index is -3.63. The molecule has 21 heavy (non-hydrogen) atoms. The second-order valence-electron chi connectivity index (χ2n) is 4.57. The summed E-state index contributed by atoms with van der Waals surface area (Å²) in [4.78, 5) is 2.44. The van der Waals surface area contributed by atoms with Gasteiger partial charge in [-0.2, -0.15) is 18.4 Å². The molecule has 2 aromatic carbocycles. The molecule has 0 saturated carbocycles. The van der Waals surface area contributed by atoms with E-state index in [1.807, 2.05) is 25.1 Å². The molecule has 0 aromatic heterocycles. The highest BCUT2D eigenvalue weighted by Gasteiger charge is 2.12. The van der Waals surface area contributed by atoms with E-state index in [1.54, 1.807) is 25.1 Å². The van der Waals surface area contributed by atoms with Crippen LogP contribution in [0, 0.1) is 6.92 Å². The lowest BCUT2D eigenvalue weighted by Crippen LogP contribution is -2.19. The zero-order valence-electron chi connectivity index (χ0n) is 11.7. The van der Waals surface area contributed by atoms with Crippen molar-refractivity contribution in [3.05, 3.63) is 64.1 Å². The van der Waals surface area contributed by atoms with Crippen LogP contribution in [0.25, 0.3) is 0 Å². The zero-order valence-corrected chi connectivity index (χ0v) is 14.1. The Morgan fingerprint density at radius 3 is 2.43 bits per heavy atom. The van der Waals surface area contributed by atoms with Crippen molar-refractivity contribution in [3.63, 3.8) is 0 Å². The van der Waals surface area contributed by atoms with E-state index in [4.69, 9.17) is 0 Å². The molecule has 0 heterocycles. The quantitative estimate of drug-likeness (QED) is 0.665. The van der Waals surface area contributed by atoms with Crippen molar-refractivity contribution in [2.24, 2.45) is 5.10 Å². The lowest BCUT2D eigenvalue weighted by atomic mass is 10.1. The van der Waals surface area contributed by atoms with Crippen LogP contribution in [0.5, 0.6) is 0 Å². The molecule has 2 aromatic rings. The topological polar surface area (TPSA) is 58.5 Å². The van der Waals surface area contributed by atoms with E-state index in [1.165, 1.54) is 12.1 Å². The summed E-state index contributed by atoms with van der Waals surface area (Å²) in [6.45, 7) is 3.73. The van der Waals surface area contributed by atoms with Crippen molar-refractivity contribution in [2.75, 3.05) is 0 Å². The van der Waals surface area contributed by atoms with Gasteiger partial charge in [-0.15, -0.1) is 0 Å². The van der Waals surface area contributed by atoms with Crippen molar-refractivity contribution in [1.82, 2.24) is 4.83 Å². The number of sulfonamides is 1. The third-order valence-electron chi connectivity index (χ3n) is 2.96. The fourth-order valence-corrected chi connectivity index (χ4v) is 2.84. The van der Waals surface area contributed by atoms with Crippen molar-refractivity contribution < 1.29 is 8.42 Å². The highest BCUT2D eigenvalue weighted by Crippen LogP contribution is 2.17.